The number of hydrogen-bond acceptors (Lipinski definition) is 3. The van der Waals surface area contributed by atoms with Crippen molar-refractivity contribution in [1.29, 1.82) is 0 Å². The number of nitrogens with zero attached hydrogens (tertiary/aromatic N) is 1. The Kier molecular flexibility index (Phi) is 4.74. The van der Waals surface area contributed by atoms with Crippen LogP contribution in [-0.4, -0.2) is 24.0 Å². The highest BCUT2D eigenvalue weighted by molar-refractivity contribution is 6.44. The molecule has 0 aromatic heterocycles. The van der Waals surface area contributed by atoms with Crippen LogP contribution in [0.3, 0.4) is 0 Å². The fraction of sp³-hybridized carbons (Fsp3) is 0.300. The number of carbonyl (C=O) groups excluding carboxylic acids is 2. The summed E-state index contributed by atoms with van der Waals surface area (Å²) in [7, 11) is 0. The number of benzene rings is 2. The standard InChI is InChI=1S/C20H22N2O3/c1-13(2)25-17-10-8-16(9-11-17)21-19(23)20(24)22-14(3)12-15-6-4-5-7-18(15)22/h4-11,13-14H,12H2,1-3H3,(H,21,23). The number of rotatable bonds is 3. The average molecular weight is 338 g/mol. The minimum Gasteiger partial charge on any atom is -0.491 e. The lowest BCUT2D eigenvalue weighted by atomic mass is 10.1. The third-order valence-electron chi connectivity index (χ3n) is 4.10. The first-order valence-electron chi connectivity index (χ1n) is 8.45. The molecule has 2 aromatic carbocycles. The van der Waals surface area contributed by atoms with Gasteiger partial charge < -0.3 is 15.0 Å². The van der Waals surface area contributed by atoms with Gasteiger partial charge in [-0.05, 0) is 63.1 Å². The van der Waals surface area contributed by atoms with E-state index in [2.05, 4.69) is 5.32 Å². The molecule has 1 unspecified atom stereocenters. The molecule has 5 heteroatoms. The van der Waals surface area contributed by atoms with Gasteiger partial charge in [0.1, 0.15) is 5.75 Å². The maximum atomic E-state index is 12.6. The Morgan fingerprint density at radius 2 is 1.80 bits per heavy atom. The predicted molar refractivity (Wildman–Crippen MR) is 97.9 cm³/mol. The Bertz CT molecular complexity index is 784. The van der Waals surface area contributed by atoms with Crippen molar-refractivity contribution >= 4 is 23.2 Å². The molecule has 0 fully saturated rings. The van der Waals surface area contributed by atoms with E-state index in [0.29, 0.717) is 5.69 Å². The molecule has 0 saturated heterocycles. The quantitative estimate of drug-likeness (QED) is 0.873. The van der Waals surface area contributed by atoms with Gasteiger partial charge in [-0.25, -0.2) is 0 Å². The molecular formula is C20H22N2O3. The van der Waals surface area contributed by atoms with E-state index in [-0.39, 0.29) is 12.1 Å². The molecule has 2 aromatic rings. The van der Waals surface area contributed by atoms with Gasteiger partial charge in [0.2, 0.25) is 0 Å². The monoisotopic (exact) mass is 338 g/mol. The van der Waals surface area contributed by atoms with Crippen LogP contribution in [0.4, 0.5) is 11.4 Å². The average Bonchev–Trinajstić information content (AvgIpc) is 2.91. The van der Waals surface area contributed by atoms with E-state index in [1.54, 1.807) is 29.2 Å². The van der Waals surface area contributed by atoms with Crippen LogP contribution in [0.15, 0.2) is 48.5 Å². The van der Waals surface area contributed by atoms with Crippen molar-refractivity contribution in [2.24, 2.45) is 0 Å². The van der Waals surface area contributed by atoms with Crippen LogP contribution in [0.5, 0.6) is 5.75 Å². The second-order valence-electron chi connectivity index (χ2n) is 6.50. The molecule has 1 atom stereocenters. The van der Waals surface area contributed by atoms with E-state index in [1.165, 1.54) is 0 Å². The summed E-state index contributed by atoms with van der Waals surface area (Å²) in [5.74, 6) is -0.456. The van der Waals surface area contributed by atoms with Crippen molar-refractivity contribution in [3.8, 4) is 5.75 Å². The van der Waals surface area contributed by atoms with E-state index in [0.717, 1.165) is 23.4 Å². The van der Waals surface area contributed by atoms with Crippen molar-refractivity contribution in [3.63, 3.8) is 0 Å². The summed E-state index contributed by atoms with van der Waals surface area (Å²) in [4.78, 5) is 26.6. The molecule has 130 valence electrons. The number of hydrogen-bond donors (Lipinski definition) is 1. The molecule has 0 aliphatic carbocycles. The first kappa shape index (κ1) is 17.0. The molecule has 3 rings (SSSR count). The SMILES string of the molecule is CC(C)Oc1ccc(NC(=O)C(=O)N2c3ccccc3CC2C)cc1. The number of carbonyl (C=O) groups is 2. The molecule has 1 aliphatic rings. The molecular weight excluding hydrogens is 316 g/mol. The van der Waals surface area contributed by atoms with Crippen molar-refractivity contribution in [2.75, 3.05) is 10.2 Å². The van der Waals surface area contributed by atoms with E-state index >= 15 is 0 Å². The zero-order valence-electron chi connectivity index (χ0n) is 14.7. The van der Waals surface area contributed by atoms with Crippen molar-refractivity contribution < 1.29 is 14.3 Å². The molecule has 0 saturated carbocycles. The summed E-state index contributed by atoms with van der Waals surface area (Å²) in [5, 5.41) is 2.66. The second-order valence-corrected chi connectivity index (χ2v) is 6.50. The third kappa shape index (κ3) is 3.65. The number of para-hydroxylation sites is 1. The minimum atomic E-state index is -0.638. The smallest absolute Gasteiger partial charge is 0.316 e. The van der Waals surface area contributed by atoms with Crippen molar-refractivity contribution in [1.82, 2.24) is 0 Å². The van der Waals surface area contributed by atoms with Gasteiger partial charge in [0, 0.05) is 17.4 Å². The molecule has 2 amide bonds. The fourth-order valence-corrected chi connectivity index (χ4v) is 3.06. The summed E-state index contributed by atoms with van der Waals surface area (Å²) in [5.41, 5.74) is 2.47. The lowest BCUT2D eigenvalue weighted by Gasteiger charge is -2.22. The van der Waals surface area contributed by atoms with Gasteiger partial charge >= 0.3 is 11.8 Å². The number of fused-ring (bicyclic) bond motifs is 1. The van der Waals surface area contributed by atoms with Crippen LogP contribution in [-0.2, 0) is 16.0 Å². The Labute approximate surface area is 147 Å². The zero-order chi connectivity index (χ0) is 18.0. The van der Waals surface area contributed by atoms with Crippen LogP contribution in [0.2, 0.25) is 0 Å². The van der Waals surface area contributed by atoms with E-state index in [1.807, 2.05) is 45.0 Å². The third-order valence-corrected chi connectivity index (χ3v) is 4.10. The molecule has 1 N–H and O–H groups in total. The number of amides is 2. The van der Waals surface area contributed by atoms with Crippen molar-refractivity contribution in [3.05, 3.63) is 54.1 Å². The molecule has 0 spiro atoms. The highest BCUT2D eigenvalue weighted by atomic mass is 16.5. The van der Waals surface area contributed by atoms with Gasteiger partial charge in [0.15, 0.2) is 0 Å². The van der Waals surface area contributed by atoms with Crippen LogP contribution < -0.4 is 15.0 Å². The van der Waals surface area contributed by atoms with Gasteiger partial charge in [-0.2, -0.15) is 0 Å². The largest absolute Gasteiger partial charge is 0.491 e. The summed E-state index contributed by atoms with van der Waals surface area (Å²) < 4.78 is 5.57. The summed E-state index contributed by atoms with van der Waals surface area (Å²) in [6, 6.07) is 14.7. The maximum absolute atomic E-state index is 12.6. The van der Waals surface area contributed by atoms with Gasteiger partial charge in [-0.3, -0.25) is 9.59 Å². The molecule has 1 aliphatic heterocycles. The first-order valence-corrected chi connectivity index (χ1v) is 8.45. The first-order chi connectivity index (χ1) is 12.0. The second kappa shape index (κ2) is 6.97. The van der Waals surface area contributed by atoms with Crippen molar-refractivity contribution in [2.45, 2.75) is 39.3 Å². The highest BCUT2D eigenvalue weighted by Crippen LogP contribution is 2.32. The summed E-state index contributed by atoms with van der Waals surface area (Å²) in [6.07, 6.45) is 0.843. The Morgan fingerprint density at radius 3 is 2.48 bits per heavy atom. The van der Waals surface area contributed by atoms with Gasteiger partial charge in [-0.15, -0.1) is 0 Å². The lowest BCUT2D eigenvalue weighted by molar-refractivity contribution is -0.134. The highest BCUT2D eigenvalue weighted by Gasteiger charge is 2.34. The predicted octanol–water partition coefficient (Wildman–Crippen LogP) is 3.39. The van der Waals surface area contributed by atoms with Crippen LogP contribution in [0, 0.1) is 0 Å². The summed E-state index contributed by atoms with van der Waals surface area (Å²) >= 11 is 0. The summed E-state index contributed by atoms with van der Waals surface area (Å²) in [6.45, 7) is 5.84. The topological polar surface area (TPSA) is 58.6 Å². The number of nitrogens with one attached hydrogen (secondary N) is 1. The van der Waals surface area contributed by atoms with Gasteiger partial charge in [-0.1, -0.05) is 18.2 Å². The van der Waals surface area contributed by atoms with Crippen LogP contribution in [0.25, 0.3) is 0 Å². The van der Waals surface area contributed by atoms with E-state index < -0.39 is 11.8 Å². The lowest BCUT2D eigenvalue weighted by Crippen LogP contribution is -2.43. The van der Waals surface area contributed by atoms with Gasteiger partial charge in [0.05, 0.1) is 6.10 Å². The molecule has 25 heavy (non-hydrogen) atoms. The Balaban J connectivity index is 1.70. The van der Waals surface area contributed by atoms with E-state index in [4.69, 9.17) is 4.74 Å². The van der Waals surface area contributed by atoms with Crippen LogP contribution in [0.1, 0.15) is 26.3 Å². The molecule has 0 bridgehead atoms. The molecule has 1 heterocycles. The minimum absolute atomic E-state index is 0.0301. The molecule has 0 radical (unpaired) electrons. The fourth-order valence-electron chi connectivity index (χ4n) is 3.06. The Morgan fingerprint density at radius 1 is 1.12 bits per heavy atom. The number of ether oxygens (including phenoxy) is 1. The van der Waals surface area contributed by atoms with E-state index in [9.17, 15) is 9.59 Å². The Hall–Kier alpha value is -2.82. The molecule has 5 nitrogen and oxygen atoms in total. The maximum Gasteiger partial charge on any atom is 0.316 e. The van der Waals surface area contributed by atoms with Gasteiger partial charge in [0.25, 0.3) is 0 Å². The zero-order valence-corrected chi connectivity index (χ0v) is 14.7. The normalized spacial score (nSPS) is 15.8. The number of anilines is 2. The van der Waals surface area contributed by atoms with Crippen LogP contribution >= 0.6 is 0 Å².